The van der Waals surface area contributed by atoms with Gasteiger partial charge in [0.15, 0.2) is 5.96 Å². The Morgan fingerprint density at radius 3 is 1.85 bits per heavy atom. The molecule has 23 nitrogen and oxygen atoms in total. The number of aliphatic carboxylic acids is 1. The van der Waals surface area contributed by atoms with Crippen molar-refractivity contribution in [3.05, 3.63) is 0 Å². The van der Waals surface area contributed by atoms with Gasteiger partial charge in [-0.15, -0.1) is 0 Å². The number of aliphatic hydroxyl groups is 1. The minimum atomic E-state index is -1.59. The molecule has 0 spiro atoms. The Labute approximate surface area is 369 Å². The highest BCUT2D eigenvalue weighted by atomic mass is 32.2. The topological polar surface area (TPSA) is 354 Å². The van der Waals surface area contributed by atoms with Gasteiger partial charge < -0.3 is 68.7 Å². The third-order valence-corrected chi connectivity index (χ3v) is 11.9. The molecule has 3 aliphatic heterocycles. The molecule has 0 unspecified atom stereocenters. The molecule has 8 atom stereocenters. The van der Waals surface area contributed by atoms with E-state index in [9.17, 15) is 53.4 Å². The SMILES string of the molecule is CSCC[C@H](N)C(=O)NCC(=O)N1CCC[C@H]1C(=O)N1CCC[C@H]1C(=O)N1CCC[C@H]1C(=O)N[C@@H](C)C(=O)N[C@@H](CS)C(=O)N[C@@H](CO)C(=O)N[C@@H](CCCN=C(N)N)C(=O)O. The van der Waals surface area contributed by atoms with Crippen molar-refractivity contribution in [2.45, 2.75) is 113 Å². The van der Waals surface area contributed by atoms with E-state index in [1.54, 1.807) is 11.8 Å². The van der Waals surface area contributed by atoms with Gasteiger partial charge in [-0.3, -0.25) is 43.3 Å². The molecule has 0 saturated carbocycles. The predicted octanol–water partition coefficient (Wildman–Crippen LogP) is -4.82. The zero-order valence-corrected chi connectivity index (χ0v) is 36.8. The second kappa shape index (κ2) is 25.3. The molecular formula is C37H62N12O11S2. The van der Waals surface area contributed by atoms with Crippen LogP contribution in [-0.4, -0.2) is 190 Å². The molecule has 3 saturated heterocycles. The number of nitrogens with zero attached hydrogens (tertiary/aromatic N) is 4. The highest BCUT2D eigenvalue weighted by molar-refractivity contribution is 7.98. The lowest BCUT2D eigenvalue weighted by molar-refractivity contribution is -0.150. The molecule has 0 aliphatic carbocycles. The van der Waals surface area contributed by atoms with Gasteiger partial charge in [0.1, 0.15) is 42.3 Å². The van der Waals surface area contributed by atoms with Crippen molar-refractivity contribution in [3.8, 4) is 0 Å². The number of aliphatic hydroxyl groups excluding tert-OH is 1. The minimum Gasteiger partial charge on any atom is -0.480 e. The van der Waals surface area contributed by atoms with E-state index < -0.39 is 102 Å². The first-order valence-corrected chi connectivity index (χ1v) is 22.6. The molecule has 8 amide bonds. The molecule has 0 bridgehead atoms. The van der Waals surface area contributed by atoms with Gasteiger partial charge in [0, 0.05) is 31.9 Å². The van der Waals surface area contributed by atoms with Crippen LogP contribution in [0.4, 0.5) is 0 Å². The highest BCUT2D eigenvalue weighted by Gasteiger charge is 2.46. The van der Waals surface area contributed by atoms with Gasteiger partial charge in [-0.2, -0.15) is 24.4 Å². The number of hydrogen-bond donors (Lipinski definition) is 11. The maximum absolute atomic E-state index is 14.0. The van der Waals surface area contributed by atoms with Gasteiger partial charge in [-0.1, -0.05) is 0 Å². The number of rotatable bonds is 23. The number of nitrogens with one attached hydrogen (secondary N) is 5. The number of likely N-dealkylation sites (tertiary alicyclic amines) is 3. The van der Waals surface area contributed by atoms with Gasteiger partial charge in [0.05, 0.1) is 19.2 Å². The summed E-state index contributed by atoms with van der Waals surface area (Å²) < 4.78 is 0. The van der Waals surface area contributed by atoms with E-state index in [0.717, 1.165) is 0 Å². The molecule has 25 heteroatoms. The van der Waals surface area contributed by atoms with Gasteiger partial charge in [0.2, 0.25) is 47.3 Å². The molecule has 0 aromatic carbocycles. The quantitative estimate of drug-likeness (QED) is 0.0198. The van der Waals surface area contributed by atoms with E-state index in [1.807, 2.05) is 6.26 Å². The van der Waals surface area contributed by atoms with Crippen LogP contribution in [0.5, 0.6) is 0 Å². The van der Waals surface area contributed by atoms with Crippen LogP contribution in [0, 0.1) is 0 Å². The summed E-state index contributed by atoms with van der Waals surface area (Å²) in [6, 6.07) is -8.94. The van der Waals surface area contributed by atoms with Gasteiger partial charge in [-0.25, -0.2) is 4.79 Å². The molecule has 3 fully saturated rings. The van der Waals surface area contributed by atoms with Gasteiger partial charge in [-0.05, 0) is 76.7 Å². The van der Waals surface area contributed by atoms with Gasteiger partial charge in [0.25, 0.3) is 0 Å². The minimum absolute atomic E-state index is 0.0591. The predicted molar refractivity (Wildman–Crippen MR) is 230 cm³/mol. The Morgan fingerprint density at radius 2 is 1.29 bits per heavy atom. The average Bonchev–Trinajstić information content (AvgIpc) is 4.05. The largest absolute Gasteiger partial charge is 0.480 e. The monoisotopic (exact) mass is 914 g/mol. The number of carbonyl (C=O) groups excluding carboxylic acids is 8. The van der Waals surface area contributed by atoms with Crippen LogP contribution >= 0.6 is 24.4 Å². The number of thioether (sulfide) groups is 1. The summed E-state index contributed by atoms with van der Waals surface area (Å²) in [5, 5.41) is 31.4. The van der Waals surface area contributed by atoms with E-state index in [2.05, 4.69) is 44.2 Å². The number of carbonyl (C=O) groups is 9. The summed E-state index contributed by atoms with van der Waals surface area (Å²) in [4.78, 5) is 126. The number of guanidine groups is 1. The number of thiol groups is 1. The molecule has 62 heavy (non-hydrogen) atoms. The van der Waals surface area contributed by atoms with Crippen LogP contribution in [0.25, 0.3) is 0 Å². The number of amides is 8. The number of carboxylic acids is 1. The second-order valence-corrected chi connectivity index (χ2v) is 16.6. The fourth-order valence-corrected chi connectivity index (χ4v) is 8.18. The van der Waals surface area contributed by atoms with Crippen LogP contribution in [0.3, 0.4) is 0 Å². The molecule has 348 valence electrons. The first-order valence-electron chi connectivity index (χ1n) is 20.6. The first-order chi connectivity index (χ1) is 29.4. The normalized spacial score (nSPS) is 20.9. The summed E-state index contributed by atoms with van der Waals surface area (Å²) in [6.07, 6.45) is 5.10. The zero-order valence-electron chi connectivity index (χ0n) is 35.1. The fraction of sp³-hybridized carbons (Fsp3) is 0.730. The molecule has 3 aliphatic rings. The smallest absolute Gasteiger partial charge is 0.326 e. The highest BCUT2D eigenvalue weighted by Crippen LogP contribution is 2.28. The second-order valence-electron chi connectivity index (χ2n) is 15.3. The van der Waals surface area contributed by atoms with Crippen molar-refractivity contribution in [1.29, 1.82) is 0 Å². The fourth-order valence-electron chi connectivity index (χ4n) is 7.43. The van der Waals surface area contributed by atoms with Crippen molar-refractivity contribution in [1.82, 2.24) is 41.3 Å². The average molecular weight is 915 g/mol. The summed E-state index contributed by atoms with van der Waals surface area (Å²) in [5.74, 6) is -6.19. The number of nitrogens with two attached hydrogens (primary N) is 3. The van der Waals surface area contributed by atoms with Crippen molar-refractivity contribution in [2.75, 3.05) is 57.1 Å². The Kier molecular flexibility index (Phi) is 21.0. The standard InChI is InChI=1S/C37H62N12O11S2/c1-20(29(52)46-24(19-61)32(55)45-23(18-50)31(54)44-22(36(59)60)7-3-12-41-37(39)40)43-33(56)25-8-4-14-48(25)35(58)27-10-6-15-49(27)34(57)26-9-5-13-47(26)28(51)17-42-30(53)21(38)11-16-62-2/h20-27,50,61H,3-19,38H2,1-2H3,(H,42,53)(H,43,56)(H,44,54)(H,45,55)(H,46,52)(H,59,60)(H4,39,40,41)/t20-,21-,22-,23-,24-,25-,26-,27-/m0/s1. The van der Waals surface area contributed by atoms with Crippen LogP contribution in [0.2, 0.25) is 0 Å². The number of aliphatic imine (C=N–C) groups is 1. The molecular weight excluding hydrogens is 853 g/mol. The molecule has 13 N–H and O–H groups in total. The third-order valence-electron chi connectivity index (χ3n) is 10.8. The van der Waals surface area contributed by atoms with E-state index >= 15 is 0 Å². The molecule has 0 aromatic rings. The van der Waals surface area contributed by atoms with Crippen molar-refractivity contribution < 1.29 is 53.4 Å². The maximum atomic E-state index is 14.0. The van der Waals surface area contributed by atoms with Crippen molar-refractivity contribution in [2.24, 2.45) is 22.2 Å². The lowest BCUT2D eigenvalue weighted by Crippen LogP contribution is -2.59. The Bertz CT molecular complexity index is 1670. The van der Waals surface area contributed by atoms with Crippen LogP contribution in [0.15, 0.2) is 4.99 Å². The lowest BCUT2D eigenvalue weighted by Gasteiger charge is -2.34. The van der Waals surface area contributed by atoms with Gasteiger partial charge >= 0.3 is 5.97 Å². The van der Waals surface area contributed by atoms with Crippen LogP contribution in [-0.2, 0) is 43.2 Å². The molecule has 0 aromatic heterocycles. The molecule has 0 radical (unpaired) electrons. The lowest BCUT2D eigenvalue weighted by atomic mass is 10.1. The summed E-state index contributed by atoms with van der Waals surface area (Å²) >= 11 is 5.67. The Hall–Kier alpha value is -4.88. The van der Waals surface area contributed by atoms with Crippen molar-refractivity contribution in [3.63, 3.8) is 0 Å². The third kappa shape index (κ3) is 14.6. The Morgan fingerprint density at radius 1 is 0.758 bits per heavy atom. The van der Waals surface area contributed by atoms with Crippen LogP contribution < -0.4 is 43.8 Å². The summed E-state index contributed by atoms with van der Waals surface area (Å²) in [7, 11) is 0. The maximum Gasteiger partial charge on any atom is 0.326 e. The zero-order chi connectivity index (χ0) is 46.1. The van der Waals surface area contributed by atoms with Crippen molar-refractivity contribution >= 4 is 83.6 Å². The van der Waals surface area contributed by atoms with Crippen LogP contribution in [0.1, 0.15) is 64.7 Å². The van der Waals surface area contributed by atoms with E-state index in [1.165, 1.54) is 21.6 Å². The Balaban J connectivity index is 1.56. The first kappa shape index (κ1) is 51.5. The number of carboxylic acid groups (broad SMARTS) is 1. The number of hydrogen-bond acceptors (Lipinski definition) is 14. The summed E-state index contributed by atoms with van der Waals surface area (Å²) in [5.41, 5.74) is 16.4. The van der Waals surface area contributed by atoms with E-state index in [4.69, 9.17) is 17.2 Å². The molecule has 3 rings (SSSR count). The summed E-state index contributed by atoms with van der Waals surface area (Å²) in [6.45, 7) is 1.08. The van der Waals surface area contributed by atoms with E-state index in [-0.39, 0.29) is 63.1 Å². The molecule has 3 heterocycles. The van der Waals surface area contributed by atoms with E-state index in [0.29, 0.717) is 50.8 Å².